The predicted octanol–water partition coefficient (Wildman–Crippen LogP) is 2.56. The Morgan fingerprint density at radius 1 is 1.03 bits per heavy atom. The van der Waals surface area contributed by atoms with Crippen LogP contribution in [0.2, 0.25) is 0 Å². The second-order valence-electron chi connectivity index (χ2n) is 9.72. The van der Waals surface area contributed by atoms with Crippen molar-refractivity contribution < 1.29 is 0 Å². The van der Waals surface area contributed by atoms with Gasteiger partial charge in [-0.05, 0) is 43.7 Å². The Hall–Kier alpha value is -1.98. The van der Waals surface area contributed by atoms with Crippen molar-refractivity contribution in [3.8, 4) is 0 Å². The van der Waals surface area contributed by atoms with Crippen LogP contribution in [0.15, 0.2) is 35.1 Å². The molecule has 1 aromatic heterocycles. The molecular formula is C24H30N4O. The van der Waals surface area contributed by atoms with Crippen LogP contribution in [-0.2, 0) is 31.5 Å². The SMILES string of the molecule is O=c1nc2n(c3c1CN(Cc1ccccc1)CC3)CC[C@@]21CCN(CC2CC2)C1. The van der Waals surface area contributed by atoms with Crippen LogP contribution >= 0.6 is 0 Å². The standard InChI is InChI=1S/C24H30N4O/c29-22-20-16-26(14-18-4-2-1-3-5-18)11-8-21(20)28-13-10-24(23(28)25-22)9-12-27(17-24)15-19-6-7-19/h1-5,19H,6-17H2/t24-/m1/s1. The van der Waals surface area contributed by atoms with Gasteiger partial charge in [0.1, 0.15) is 5.82 Å². The fraction of sp³-hybridized carbons (Fsp3) is 0.583. The van der Waals surface area contributed by atoms with Crippen LogP contribution in [0.1, 0.15) is 48.3 Å². The zero-order valence-corrected chi connectivity index (χ0v) is 17.1. The third-order valence-corrected chi connectivity index (χ3v) is 7.63. The summed E-state index contributed by atoms with van der Waals surface area (Å²) in [5.74, 6) is 2.04. The van der Waals surface area contributed by atoms with Crippen molar-refractivity contribution in [2.45, 2.75) is 57.2 Å². The topological polar surface area (TPSA) is 41.4 Å². The number of rotatable bonds is 4. The number of nitrogens with zero attached hydrogens (tertiary/aromatic N) is 4. The highest BCUT2D eigenvalue weighted by Gasteiger charge is 2.47. The van der Waals surface area contributed by atoms with Gasteiger partial charge in [-0.1, -0.05) is 30.3 Å². The first kappa shape index (κ1) is 17.8. The van der Waals surface area contributed by atoms with E-state index in [1.807, 2.05) is 0 Å². The second-order valence-corrected chi connectivity index (χ2v) is 9.72. The maximum atomic E-state index is 13.1. The van der Waals surface area contributed by atoms with E-state index in [1.165, 1.54) is 43.6 Å². The zero-order valence-electron chi connectivity index (χ0n) is 17.1. The van der Waals surface area contributed by atoms with Gasteiger partial charge in [-0.15, -0.1) is 0 Å². The quantitative estimate of drug-likeness (QED) is 0.805. The first-order chi connectivity index (χ1) is 14.2. The maximum absolute atomic E-state index is 13.1. The number of benzene rings is 1. The molecule has 4 heterocycles. The number of hydrogen-bond donors (Lipinski definition) is 0. The second kappa shape index (κ2) is 6.78. The summed E-state index contributed by atoms with van der Waals surface area (Å²) in [6, 6.07) is 10.6. The van der Waals surface area contributed by atoms with E-state index in [2.05, 4.69) is 44.7 Å². The molecule has 2 fully saturated rings. The van der Waals surface area contributed by atoms with E-state index < -0.39 is 0 Å². The van der Waals surface area contributed by atoms with Crippen LogP contribution in [0.5, 0.6) is 0 Å². The third-order valence-electron chi connectivity index (χ3n) is 7.63. The fourth-order valence-corrected chi connectivity index (χ4v) is 5.88. The Morgan fingerprint density at radius 2 is 1.86 bits per heavy atom. The van der Waals surface area contributed by atoms with Crippen LogP contribution in [0.25, 0.3) is 0 Å². The molecule has 0 radical (unpaired) electrons. The van der Waals surface area contributed by atoms with Crippen molar-refractivity contribution in [2.75, 3.05) is 26.2 Å². The fourth-order valence-electron chi connectivity index (χ4n) is 5.88. The van der Waals surface area contributed by atoms with Gasteiger partial charge < -0.3 is 9.47 Å². The minimum atomic E-state index is 0.0333. The highest BCUT2D eigenvalue weighted by Crippen LogP contribution is 2.43. The summed E-state index contributed by atoms with van der Waals surface area (Å²) in [6.07, 6.45) is 6.11. The molecule has 4 aliphatic rings. The highest BCUT2D eigenvalue weighted by molar-refractivity contribution is 5.29. The van der Waals surface area contributed by atoms with Gasteiger partial charge in [0, 0.05) is 56.8 Å². The number of likely N-dealkylation sites (tertiary alicyclic amines) is 1. The molecule has 1 atom stereocenters. The molecule has 5 heteroatoms. The van der Waals surface area contributed by atoms with Crippen molar-refractivity contribution in [1.29, 1.82) is 0 Å². The molecule has 1 aromatic carbocycles. The average Bonchev–Trinajstić information content (AvgIpc) is 3.36. The normalized spacial score (nSPS) is 26.8. The van der Waals surface area contributed by atoms with Crippen LogP contribution in [0.4, 0.5) is 0 Å². The number of hydrogen-bond acceptors (Lipinski definition) is 4. The molecule has 0 bridgehead atoms. The van der Waals surface area contributed by atoms with Crippen molar-refractivity contribution in [3.05, 3.63) is 63.3 Å². The monoisotopic (exact) mass is 390 g/mol. The van der Waals surface area contributed by atoms with E-state index >= 15 is 0 Å². The first-order valence-corrected chi connectivity index (χ1v) is 11.3. The summed E-state index contributed by atoms with van der Waals surface area (Å²) < 4.78 is 2.44. The molecule has 1 aliphatic carbocycles. The first-order valence-electron chi connectivity index (χ1n) is 11.3. The molecule has 0 N–H and O–H groups in total. The summed E-state index contributed by atoms with van der Waals surface area (Å²) in [4.78, 5) is 22.8. The Labute approximate surface area is 172 Å². The van der Waals surface area contributed by atoms with E-state index in [0.717, 1.165) is 62.9 Å². The van der Waals surface area contributed by atoms with E-state index in [4.69, 9.17) is 4.98 Å². The zero-order chi connectivity index (χ0) is 19.4. The van der Waals surface area contributed by atoms with E-state index in [-0.39, 0.29) is 11.0 Å². The van der Waals surface area contributed by atoms with Crippen molar-refractivity contribution in [1.82, 2.24) is 19.4 Å². The lowest BCUT2D eigenvalue weighted by molar-refractivity contribution is 0.238. The number of aromatic nitrogens is 2. The smallest absolute Gasteiger partial charge is 0.277 e. The van der Waals surface area contributed by atoms with Crippen LogP contribution < -0.4 is 5.56 Å². The average molecular weight is 391 g/mol. The molecule has 1 saturated heterocycles. The minimum absolute atomic E-state index is 0.0333. The minimum Gasteiger partial charge on any atom is -0.332 e. The van der Waals surface area contributed by atoms with Gasteiger partial charge in [0.15, 0.2) is 0 Å². The third kappa shape index (κ3) is 3.15. The summed E-state index contributed by atoms with van der Waals surface area (Å²) in [5.41, 5.74) is 3.70. The van der Waals surface area contributed by atoms with Crippen molar-refractivity contribution in [3.63, 3.8) is 0 Å². The molecule has 1 saturated carbocycles. The largest absolute Gasteiger partial charge is 0.332 e. The molecular weight excluding hydrogens is 360 g/mol. The van der Waals surface area contributed by atoms with Crippen LogP contribution in [0, 0.1) is 5.92 Å². The lowest BCUT2D eigenvalue weighted by Crippen LogP contribution is -2.39. The van der Waals surface area contributed by atoms with E-state index in [1.54, 1.807) is 0 Å². The summed E-state index contributed by atoms with van der Waals surface area (Å²) in [7, 11) is 0. The van der Waals surface area contributed by atoms with E-state index in [0.29, 0.717) is 0 Å². The van der Waals surface area contributed by atoms with Crippen molar-refractivity contribution >= 4 is 0 Å². The molecule has 0 amide bonds. The molecule has 6 rings (SSSR count). The maximum Gasteiger partial charge on any atom is 0.277 e. The Balaban J connectivity index is 1.26. The molecule has 5 nitrogen and oxygen atoms in total. The van der Waals surface area contributed by atoms with Gasteiger partial charge in [0.2, 0.25) is 0 Å². The van der Waals surface area contributed by atoms with Crippen LogP contribution in [-0.4, -0.2) is 45.5 Å². The summed E-state index contributed by atoms with van der Waals surface area (Å²) in [5, 5.41) is 0. The van der Waals surface area contributed by atoms with Gasteiger partial charge in [-0.3, -0.25) is 9.69 Å². The molecule has 2 aromatic rings. The molecule has 0 unspecified atom stereocenters. The predicted molar refractivity (Wildman–Crippen MR) is 113 cm³/mol. The Bertz CT molecular complexity index is 980. The summed E-state index contributed by atoms with van der Waals surface area (Å²) in [6.45, 7) is 7.24. The van der Waals surface area contributed by atoms with Gasteiger partial charge in [-0.25, -0.2) is 0 Å². The summed E-state index contributed by atoms with van der Waals surface area (Å²) >= 11 is 0. The van der Waals surface area contributed by atoms with Crippen molar-refractivity contribution in [2.24, 2.45) is 5.92 Å². The van der Waals surface area contributed by atoms with Gasteiger partial charge in [0.25, 0.3) is 5.56 Å². The van der Waals surface area contributed by atoms with Gasteiger partial charge >= 0.3 is 0 Å². The van der Waals surface area contributed by atoms with Gasteiger partial charge in [0.05, 0.1) is 5.56 Å². The van der Waals surface area contributed by atoms with E-state index in [9.17, 15) is 4.79 Å². The highest BCUT2D eigenvalue weighted by atomic mass is 16.1. The molecule has 1 spiro atoms. The lowest BCUT2D eigenvalue weighted by atomic mass is 9.85. The lowest BCUT2D eigenvalue weighted by Gasteiger charge is -2.31. The Morgan fingerprint density at radius 3 is 2.69 bits per heavy atom. The van der Waals surface area contributed by atoms with Gasteiger partial charge in [-0.2, -0.15) is 4.98 Å². The molecule has 29 heavy (non-hydrogen) atoms. The van der Waals surface area contributed by atoms with Crippen LogP contribution in [0.3, 0.4) is 0 Å². The Kier molecular flexibility index (Phi) is 4.17. The molecule has 3 aliphatic heterocycles. The molecule has 152 valence electrons. The number of fused-ring (bicyclic) bond motifs is 4.